The molecule has 4 rings (SSSR count). The number of benzene rings is 1. The highest BCUT2D eigenvalue weighted by molar-refractivity contribution is 5.81. The van der Waals surface area contributed by atoms with Gasteiger partial charge in [0.2, 0.25) is 5.91 Å². The van der Waals surface area contributed by atoms with E-state index in [0.29, 0.717) is 19.1 Å². The molecule has 1 unspecified atom stereocenters. The second-order valence-corrected chi connectivity index (χ2v) is 7.81. The van der Waals surface area contributed by atoms with E-state index in [0.717, 1.165) is 37.9 Å². The second-order valence-electron chi connectivity index (χ2n) is 7.81. The van der Waals surface area contributed by atoms with Crippen LogP contribution in [0.1, 0.15) is 38.3 Å². The molecule has 2 heterocycles. The van der Waals surface area contributed by atoms with E-state index in [4.69, 9.17) is 0 Å². The lowest BCUT2D eigenvalue weighted by Crippen LogP contribution is -2.54. The lowest BCUT2D eigenvalue weighted by Gasteiger charge is -2.39. The van der Waals surface area contributed by atoms with Crippen molar-refractivity contribution in [1.29, 1.82) is 0 Å². The summed E-state index contributed by atoms with van der Waals surface area (Å²) in [6.45, 7) is 3.59. The Balaban J connectivity index is 1.45. The number of para-hydroxylation sites is 1. The Bertz CT molecular complexity index is 855. The van der Waals surface area contributed by atoms with Crippen LogP contribution in [0.5, 0.6) is 0 Å². The molecule has 1 N–H and O–H groups in total. The molecule has 1 atom stereocenters. The maximum Gasteiger partial charge on any atom is 0.318 e. The second kappa shape index (κ2) is 7.25. The van der Waals surface area contributed by atoms with Crippen LogP contribution in [-0.4, -0.2) is 51.5 Å². The van der Waals surface area contributed by atoms with Gasteiger partial charge in [-0.1, -0.05) is 18.2 Å². The molecule has 0 spiro atoms. The number of nitrogens with zero attached hydrogens (tertiary/aromatic N) is 3. The predicted molar refractivity (Wildman–Crippen MR) is 105 cm³/mol. The summed E-state index contributed by atoms with van der Waals surface area (Å²) in [5.41, 5.74) is 2.26. The van der Waals surface area contributed by atoms with Gasteiger partial charge >= 0.3 is 6.03 Å². The minimum absolute atomic E-state index is 0.00171. The van der Waals surface area contributed by atoms with E-state index >= 15 is 0 Å². The molecule has 1 saturated carbocycles. The Labute approximate surface area is 160 Å². The van der Waals surface area contributed by atoms with Gasteiger partial charge < -0.3 is 19.7 Å². The maximum atomic E-state index is 13.0. The summed E-state index contributed by atoms with van der Waals surface area (Å²) in [5, 5.41) is 4.31. The van der Waals surface area contributed by atoms with Gasteiger partial charge in [-0.15, -0.1) is 0 Å². The fourth-order valence-corrected chi connectivity index (χ4v) is 4.22. The lowest BCUT2D eigenvalue weighted by molar-refractivity contribution is -0.130. The number of carbonyl (C=O) groups is 2. The Morgan fingerprint density at radius 1 is 1.19 bits per heavy atom. The Kier molecular flexibility index (Phi) is 4.81. The van der Waals surface area contributed by atoms with Crippen LogP contribution in [0.3, 0.4) is 0 Å². The van der Waals surface area contributed by atoms with Crippen LogP contribution in [0.2, 0.25) is 0 Å². The number of hydrogen-bond acceptors (Lipinski definition) is 2. The van der Waals surface area contributed by atoms with Crippen molar-refractivity contribution in [1.82, 2.24) is 19.7 Å². The lowest BCUT2D eigenvalue weighted by atomic mass is 10.0. The highest BCUT2D eigenvalue weighted by atomic mass is 16.2. The van der Waals surface area contributed by atoms with Crippen LogP contribution >= 0.6 is 0 Å². The molecule has 0 radical (unpaired) electrons. The number of amides is 3. The van der Waals surface area contributed by atoms with Crippen LogP contribution in [0, 0.1) is 0 Å². The molecule has 6 heteroatoms. The Morgan fingerprint density at radius 2 is 1.96 bits per heavy atom. The van der Waals surface area contributed by atoms with Crippen molar-refractivity contribution in [2.24, 2.45) is 7.05 Å². The average Bonchev–Trinajstić information content (AvgIpc) is 3.45. The van der Waals surface area contributed by atoms with E-state index in [1.807, 2.05) is 29.0 Å². The number of fused-ring (bicyclic) bond motifs is 1. The van der Waals surface area contributed by atoms with Crippen molar-refractivity contribution >= 4 is 22.8 Å². The van der Waals surface area contributed by atoms with Gasteiger partial charge in [-0.2, -0.15) is 0 Å². The average molecular weight is 368 g/mol. The number of likely N-dealkylation sites (tertiary alicyclic amines) is 1. The molecule has 1 aliphatic carbocycles. The number of piperidine rings is 1. The minimum atomic E-state index is -0.00171. The number of urea groups is 1. The van der Waals surface area contributed by atoms with Crippen molar-refractivity contribution in [3.63, 3.8) is 0 Å². The summed E-state index contributed by atoms with van der Waals surface area (Å²) in [6, 6.07) is 10.8. The number of rotatable bonds is 4. The molecule has 1 saturated heterocycles. The fourth-order valence-electron chi connectivity index (χ4n) is 4.22. The fraction of sp³-hybridized carbons (Fsp3) is 0.524. The summed E-state index contributed by atoms with van der Waals surface area (Å²) in [4.78, 5) is 28.6. The Hall–Kier alpha value is -2.50. The zero-order valence-electron chi connectivity index (χ0n) is 16.1. The number of nitrogens with one attached hydrogen (secondary N) is 1. The molecule has 3 amide bonds. The topological polar surface area (TPSA) is 57.6 Å². The van der Waals surface area contributed by atoms with Crippen LogP contribution < -0.4 is 5.32 Å². The third kappa shape index (κ3) is 3.66. The summed E-state index contributed by atoms with van der Waals surface area (Å²) < 4.78 is 2.13. The molecular formula is C21H28N4O2. The molecule has 2 aromatic rings. The quantitative estimate of drug-likeness (QED) is 0.902. The van der Waals surface area contributed by atoms with E-state index in [2.05, 4.69) is 28.1 Å². The van der Waals surface area contributed by atoms with Crippen LogP contribution in [0.15, 0.2) is 30.3 Å². The molecule has 27 heavy (non-hydrogen) atoms. The largest absolute Gasteiger partial charge is 0.346 e. The van der Waals surface area contributed by atoms with Crippen molar-refractivity contribution in [3.8, 4) is 0 Å². The third-order valence-corrected chi connectivity index (χ3v) is 5.88. The van der Waals surface area contributed by atoms with E-state index in [-0.39, 0.29) is 18.0 Å². The van der Waals surface area contributed by atoms with Gasteiger partial charge in [-0.3, -0.25) is 4.79 Å². The maximum absolute atomic E-state index is 13.0. The van der Waals surface area contributed by atoms with Crippen molar-refractivity contribution in [2.75, 3.05) is 13.1 Å². The first kappa shape index (κ1) is 17.9. The molecule has 6 nitrogen and oxygen atoms in total. The highest BCUT2D eigenvalue weighted by Gasteiger charge is 2.39. The molecule has 1 aliphatic heterocycles. The van der Waals surface area contributed by atoms with Gasteiger partial charge in [-0.25, -0.2) is 4.79 Å². The smallest absolute Gasteiger partial charge is 0.318 e. The Morgan fingerprint density at radius 3 is 2.67 bits per heavy atom. The third-order valence-electron chi connectivity index (χ3n) is 5.88. The van der Waals surface area contributed by atoms with Crippen LogP contribution in [-0.2, 0) is 18.4 Å². The standard InChI is InChI=1S/C21H28N4O2/c1-15(26)24-11-5-7-18(14-24)25(17-9-10-17)21(27)22-13-19-12-16-6-3-4-8-20(16)23(19)2/h3-4,6,8,12,17-18H,5,7,9-11,13-14H2,1-2H3,(H,22,27). The molecular weight excluding hydrogens is 340 g/mol. The van der Waals surface area contributed by atoms with Gasteiger partial charge in [0.05, 0.1) is 12.6 Å². The van der Waals surface area contributed by atoms with Crippen molar-refractivity contribution < 1.29 is 9.59 Å². The van der Waals surface area contributed by atoms with E-state index < -0.39 is 0 Å². The number of carbonyl (C=O) groups excluding carboxylic acids is 2. The predicted octanol–water partition coefficient (Wildman–Crippen LogP) is 2.86. The van der Waals surface area contributed by atoms with Gasteiger partial charge in [0.25, 0.3) is 0 Å². The number of hydrogen-bond donors (Lipinski definition) is 1. The van der Waals surface area contributed by atoms with Gasteiger partial charge in [0, 0.05) is 44.3 Å². The first-order valence-corrected chi connectivity index (χ1v) is 9.89. The van der Waals surface area contributed by atoms with E-state index in [1.165, 1.54) is 10.9 Å². The molecule has 144 valence electrons. The van der Waals surface area contributed by atoms with E-state index in [1.54, 1.807) is 6.92 Å². The summed E-state index contributed by atoms with van der Waals surface area (Å²) in [7, 11) is 2.04. The zero-order valence-corrected chi connectivity index (χ0v) is 16.1. The normalized spacial score (nSPS) is 19.9. The molecule has 1 aromatic carbocycles. The SMILES string of the molecule is CC(=O)N1CCCC(N(C(=O)NCc2cc3ccccc3n2C)C2CC2)C1. The van der Waals surface area contributed by atoms with Crippen LogP contribution in [0.4, 0.5) is 4.79 Å². The summed E-state index contributed by atoms with van der Waals surface area (Å²) >= 11 is 0. The monoisotopic (exact) mass is 368 g/mol. The minimum Gasteiger partial charge on any atom is -0.346 e. The number of aryl methyl sites for hydroxylation is 1. The van der Waals surface area contributed by atoms with Gasteiger partial charge in [-0.05, 0) is 43.2 Å². The molecule has 0 bridgehead atoms. The molecule has 2 fully saturated rings. The molecule has 2 aliphatic rings. The van der Waals surface area contributed by atoms with Gasteiger partial charge in [0.15, 0.2) is 0 Å². The molecule has 1 aromatic heterocycles. The first-order chi connectivity index (χ1) is 13.0. The summed E-state index contributed by atoms with van der Waals surface area (Å²) in [6.07, 6.45) is 4.07. The van der Waals surface area contributed by atoms with Crippen molar-refractivity contribution in [2.45, 2.75) is 51.2 Å². The summed E-state index contributed by atoms with van der Waals surface area (Å²) in [5.74, 6) is 0.103. The first-order valence-electron chi connectivity index (χ1n) is 9.89. The number of aromatic nitrogens is 1. The zero-order chi connectivity index (χ0) is 19.0. The van der Waals surface area contributed by atoms with Gasteiger partial charge in [0.1, 0.15) is 0 Å². The van der Waals surface area contributed by atoms with E-state index in [9.17, 15) is 9.59 Å². The van der Waals surface area contributed by atoms with Crippen LogP contribution in [0.25, 0.3) is 10.9 Å². The van der Waals surface area contributed by atoms with Crippen molar-refractivity contribution in [3.05, 3.63) is 36.0 Å². The highest BCUT2D eigenvalue weighted by Crippen LogP contribution is 2.31.